The molecule has 0 radical (unpaired) electrons. The Balaban J connectivity index is 1.13. The maximum atomic E-state index is 6.78. The number of hydrogen-bond donors (Lipinski definition) is 0. The second-order valence-electron chi connectivity index (χ2n) is 12.9. The highest BCUT2D eigenvalue weighted by molar-refractivity contribution is 6.62. The summed E-state index contributed by atoms with van der Waals surface area (Å²) in [6.45, 7) is 4.26. The monoisotopic (exact) mass is 612 g/mol. The molecule has 6 heteroatoms. The molecule has 5 nitrogen and oxygen atoms in total. The zero-order chi connectivity index (χ0) is 31.6. The Hall–Kier alpha value is -5.30. The summed E-state index contributed by atoms with van der Waals surface area (Å²) in [6.07, 6.45) is 0.919. The van der Waals surface area contributed by atoms with Crippen LogP contribution in [0.4, 0.5) is 34.1 Å². The normalized spacial score (nSPS) is 20.6. The van der Waals surface area contributed by atoms with Gasteiger partial charge in [-0.2, -0.15) is 0 Å². The lowest BCUT2D eigenvalue weighted by Crippen LogP contribution is -2.36. The van der Waals surface area contributed by atoms with Gasteiger partial charge in [-0.05, 0) is 91.1 Å². The zero-order valence-corrected chi connectivity index (χ0v) is 26.3. The maximum Gasteiger partial charge on any atom is 0.494 e. The molecule has 2 atom stereocenters. The van der Waals surface area contributed by atoms with Crippen molar-refractivity contribution in [1.82, 2.24) is 0 Å². The van der Waals surface area contributed by atoms with Gasteiger partial charge in [0, 0.05) is 35.2 Å². The molecule has 3 aliphatic rings. The van der Waals surface area contributed by atoms with Gasteiger partial charge in [0.1, 0.15) is 0 Å². The van der Waals surface area contributed by atoms with E-state index in [0.717, 1.165) is 57.5 Å². The van der Waals surface area contributed by atoms with Crippen LogP contribution >= 0.6 is 0 Å². The Morgan fingerprint density at radius 3 is 1.77 bits per heavy atom. The summed E-state index contributed by atoms with van der Waals surface area (Å²) in [4.78, 5) is 4.53. The number of benzene rings is 6. The van der Waals surface area contributed by atoms with Crippen molar-refractivity contribution in [3.63, 3.8) is 0 Å². The molecule has 0 aromatic heterocycles. The minimum absolute atomic E-state index is 0.230. The fourth-order valence-electron chi connectivity index (χ4n) is 6.98. The van der Waals surface area contributed by atoms with Gasteiger partial charge in [0.2, 0.25) is 0 Å². The number of nitrogens with zero attached hydrogens (tertiary/aromatic N) is 2. The summed E-state index contributed by atoms with van der Waals surface area (Å²) in [7, 11) is -0.419. The molecule has 1 aliphatic carbocycles. The number of para-hydroxylation sites is 2. The first kappa shape index (κ1) is 28.0. The second kappa shape index (κ2) is 10.6. The zero-order valence-electron chi connectivity index (χ0n) is 26.3. The van der Waals surface area contributed by atoms with Crippen molar-refractivity contribution in [1.29, 1.82) is 0 Å². The van der Waals surface area contributed by atoms with E-state index in [1.807, 2.05) is 18.2 Å². The summed E-state index contributed by atoms with van der Waals surface area (Å²) in [5.74, 6) is 1.53. The first-order valence-electron chi connectivity index (χ1n) is 16.2. The van der Waals surface area contributed by atoms with Gasteiger partial charge < -0.3 is 23.8 Å². The first-order valence-corrected chi connectivity index (χ1v) is 16.2. The molecule has 228 valence electrons. The fourth-order valence-corrected chi connectivity index (χ4v) is 6.98. The molecule has 9 rings (SSSR count). The van der Waals surface area contributed by atoms with Crippen molar-refractivity contribution in [3.05, 3.63) is 152 Å². The topological polar surface area (TPSA) is 34.2 Å². The molecule has 6 aromatic carbocycles. The van der Waals surface area contributed by atoms with Crippen molar-refractivity contribution in [2.75, 3.05) is 9.80 Å². The summed E-state index contributed by atoms with van der Waals surface area (Å²) >= 11 is 0. The van der Waals surface area contributed by atoms with E-state index in [0.29, 0.717) is 0 Å². The van der Waals surface area contributed by atoms with Gasteiger partial charge in [0.25, 0.3) is 0 Å². The van der Waals surface area contributed by atoms with E-state index in [1.165, 1.54) is 11.1 Å². The Kier molecular flexibility index (Phi) is 6.32. The molecule has 47 heavy (non-hydrogen) atoms. The van der Waals surface area contributed by atoms with Gasteiger partial charge in [0.05, 0.1) is 22.6 Å². The molecule has 6 aromatic rings. The van der Waals surface area contributed by atoms with E-state index < -0.39 is 7.12 Å². The van der Waals surface area contributed by atoms with Gasteiger partial charge in [-0.25, -0.2) is 0 Å². The summed E-state index contributed by atoms with van der Waals surface area (Å²) in [5, 5.41) is 0. The van der Waals surface area contributed by atoms with Crippen LogP contribution in [0.1, 0.15) is 20.3 Å². The average Bonchev–Trinajstić information content (AvgIpc) is 3.54. The Morgan fingerprint density at radius 1 is 0.553 bits per heavy atom. The van der Waals surface area contributed by atoms with Crippen molar-refractivity contribution in [2.45, 2.75) is 31.5 Å². The predicted molar refractivity (Wildman–Crippen MR) is 190 cm³/mol. The average molecular weight is 613 g/mol. The number of anilines is 6. The quantitative estimate of drug-likeness (QED) is 0.175. The lowest BCUT2D eigenvalue weighted by molar-refractivity contribution is 0.187. The summed E-state index contributed by atoms with van der Waals surface area (Å²) in [5.41, 5.74) is 8.99. The summed E-state index contributed by atoms with van der Waals surface area (Å²) < 4.78 is 19.5. The maximum absolute atomic E-state index is 6.78. The van der Waals surface area contributed by atoms with Gasteiger partial charge in [-0.3, -0.25) is 0 Å². The molecule has 2 heterocycles. The SMILES string of the molecule is CC12CC1(C)OB(c1ccc3c(c1)Oc1cc(N(c4ccccc4)c4ccc(-c5ccccc5)cc4)ccc1N3c1ccccc1)O2. The third-order valence-electron chi connectivity index (χ3n) is 9.82. The van der Waals surface area contributed by atoms with E-state index in [-0.39, 0.29) is 11.2 Å². The Morgan fingerprint density at radius 2 is 1.09 bits per heavy atom. The van der Waals surface area contributed by atoms with Crippen LogP contribution in [-0.4, -0.2) is 18.3 Å². The molecular formula is C41H33BN2O3. The summed E-state index contributed by atoms with van der Waals surface area (Å²) in [6, 6.07) is 52.8. The number of rotatable bonds is 6. The van der Waals surface area contributed by atoms with Crippen LogP contribution in [0.25, 0.3) is 11.1 Å². The van der Waals surface area contributed by atoms with Gasteiger partial charge >= 0.3 is 7.12 Å². The van der Waals surface area contributed by atoms with Crippen LogP contribution in [0.2, 0.25) is 0 Å². The third-order valence-corrected chi connectivity index (χ3v) is 9.82. The smallest absolute Gasteiger partial charge is 0.453 e. The van der Waals surface area contributed by atoms with Crippen molar-refractivity contribution < 1.29 is 14.0 Å². The van der Waals surface area contributed by atoms with Crippen LogP contribution in [0, 0.1) is 0 Å². The number of hydrogen-bond acceptors (Lipinski definition) is 5. The number of fused-ring (bicyclic) bond motifs is 3. The van der Waals surface area contributed by atoms with E-state index in [1.54, 1.807) is 0 Å². The molecule has 2 fully saturated rings. The highest BCUT2D eigenvalue weighted by atomic mass is 16.7. The predicted octanol–water partition coefficient (Wildman–Crippen LogP) is 10.1. The van der Waals surface area contributed by atoms with Crippen molar-refractivity contribution >= 4 is 46.7 Å². The third kappa shape index (κ3) is 4.72. The first-order chi connectivity index (χ1) is 23.0. The molecule has 1 saturated carbocycles. The van der Waals surface area contributed by atoms with Crippen LogP contribution in [0.3, 0.4) is 0 Å². The molecule has 0 amide bonds. The lowest BCUT2D eigenvalue weighted by Gasteiger charge is -2.34. The standard InChI is InChI=1S/C41H33BN2O3/c1-40-28-41(40,2)47-42(46-40)31-20-24-36-38(26-31)45-39-27-35(23-25-37(39)44(36)33-16-10-5-11-17-33)43(32-14-8-4-9-15-32)34-21-18-30(19-22-34)29-12-6-3-7-13-29/h3-27H,28H2,1-2H3. The molecule has 2 unspecified atom stereocenters. The largest absolute Gasteiger partial charge is 0.494 e. The molecule has 2 aliphatic heterocycles. The van der Waals surface area contributed by atoms with Crippen LogP contribution in [-0.2, 0) is 9.31 Å². The van der Waals surface area contributed by atoms with E-state index >= 15 is 0 Å². The lowest BCUT2D eigenvalue weighted by atomic mass is 9.78. The molecule has 1 saturated heterocycles. The number of ether oxygens (including phenoxy) is 1. The highest BCUT2D eigenvalue weighted by Crippen LogP contribution is 2.58. The Labute approximate surface area is 275 Å². The molecule has 0 N–H and O–H groups in total. The van der Waals surface area contributed by atoms with Crippen LogP contribution < -0.4 is 20.0 Å². The van der Waals surface area contributed by atoms with Crippen molar-refractivity contribution in [2.24, 2.45) is 0 Å². The Bertz CT molecular complexity index is 2080. The van der Waals surface area contributed by atoms with Crippen LogP contribution in [0.5, 0.6) is 11.5 Å². The van der Waals surface area contributed by atoms with Gasteiger partial charge in [-0.1, -0.05) is 84.9 Å². The fraction of sp³-hybridized carbons (Fsp3) is 0.122. The van der Waals surface area contributed by atoms with Crippen LogP contribution in [0.15, 0.2) is 152 Å². The molecular weight excluding hydrogens is 579 g/mol. The van der Waals surface area contributed by atoms with E-state index in [9.17, 15) is 0 Å². The minimum Gasteiger partial charge on any atom is -0.453 e. The van der Waals surface area contributed by atoms with E-state index in [2.05, 4.69) is 157 Å². The molecule has 0 spiro atoms. The molecule has 0 bridgehead atoms. The van der Waals surface area contributed by atoms with Gasteiger partial charge in [-0.15, -0.1) is 0 Å². The minimum atomic E-state index is -0.419. The van der Waals surface area contributed by atoms with Gasteiger partial charge in [0.15, 0.2) is 11.5 Å². The van der Waals surface area contributed by atoms with Crippen molar-refractivity contribution in [3.8, 4) is 22.6 Å². The highest BCUT2D eigenvalue weighted by Gasteiger charge is 2.71. The van der Waals surface area contributed by atoms with E-state index in [4.69, 9.17) is 14.0 Å². The second-order valence-corrected chi connectivity index (χ2v) is 12.9.